The van der Waals surface area contributed by atoms with E-state index in [-0.39, 0.29) is 11.0 Å². The summed E-state index contributed by atoms with van der Waals surface area (Å²) in [6.07, 6.45) is 0. The molecule has 0 amide bonds. The third-order valence-corrected chi connectivity index (χ3v) is 3.31. The molecule has 10 heteroatoms. The van der Waals surface area contributed by atoms with Crippen LogP contribution in [0.2, 0.25) is 0 Å². The Morgan fingerprint density at radius 2 is 2.00 bits per heavy atom. The second-order valence-electron chi connectivity index (χ2n) is 3.11. The molecule has 0 saturated heterocycles. The minimum absolute atomic E-state index is 0.0195. The van der Waals surface area contributed by atoms with Crippen molar-refractivity contribution in [3.8, 4) is 5.88 Å². The molecule has 0 aliphatic rings. The van der Waals surface area contributed by atoms with E-state index in [0.717, 1.165) is 0 Å². The quantitative estimate of drug-likeness (QED) is 0.618. The van der Waals surface area contributed by atoms with Gasteiger partial charge in [-0.25, -0.2) is 0 Å². The minimum atomic E-state index is -5.76. The standard InChI is InChI=1S/C8H3BrF3NO4S/c9-4-1-2-5-6(3-4)16-13-7(5)17-18(14,15)8(10,11)12/h1-3H. The highest BCUT2D eigenvalue weighted by Gasteiger charge is 2.49. The Labute approximate surface area is 107 Å². The average Bonchev–Trinajstić information content (AvgIpc) is 2.58. The van der Waals surface area contributed by atoms with Crippen LogP contribution in [0.4, 0.5) is 13.2 Å². The highest BCUT2D eigenvalue weighted by molar-refractivity contribution is 9.10. The number of alkyl halides is 3. The van der Waals surface area contributed by atoms with Crippen molar-refractivity contribution in [3.63, 3.8) is 0 Å². The summed E-state index contributed by atoms with van der Waals surface area (Å²) in [5, 5.41) is 3.16. The van der Waals surface area contributed by atoms with E-state index in [9.17, 15) is 21.6 Å². The normalized spacial score (nSPS) is 12.9. The van der Waals surface area contributed by atoms with Crippen LogP contribution in [0.15, 0.2) is 27.2 Å². The Morgan fingerprint density at radius 3 is 2.61 bits per heavy atom. The first-order valence-corrected chi connectivity index (χ1v) is 6.46. The van der Waals surface area contributed by atoms with Crippen molar-refractivity contribution in [1.82, 2.24) is 5.16 Å². The van der Waals surface area contributed by atoms with Gasteiger partial charge in [0.2, 0.25) is 0 Å². The van der Waals surface area contributed by atoms with Gasteiger partial charge in [-0.05, 0) is 23.4 Å². The van der Waals surface area contributed by atoms with Gasteiger partial charge in [0.1, 0.15) is 0 Å². The lowest BCUT2D eigenvalue weighted by atomic mass is 10.3. The second-order valence-corrected chi connectivity index (χ2v) is 5.56. The molecule has 0 radical (unpaired) electrons. The van der Waals surface area contributed by atoms with Crippen LogP contribution in [-0.2, 0) is 10.1 Å². The van der Waals surface area contributed by atoms with Crippen molar-refractivity contribution < 1.29 is 30.3 Å². The Hall–Kier alpha value is -1.29. The topological polar surface area (TPSA) is 69.4 Å². The number of benzene rings is 1. The van der Waals surface area contributed by atoms with E-state index in [1.807, 2.05) is 0 Å². The Balaban J connectivity index is 2.45. The Kier molecular flexibility index (Phi) is 3.01. The number of hydrogen-bond donors (Lipinski definition) is 0. The number of nitrogens with zero attached hydrogens (tertiary/aromatic N) is 1. The number of rotatable bonds is 2. The van der Waals surface area contributed by atoms with Gasteiger partial charge in [0, 0.05) is 4.47 Å². The molecule has 5 nitrogen and oxygen atoms in total. The molecular formula is C8H3BrF3NO4S. The van der Waals surface area contributed by atoms with Crippen molar-refractivity contribution >= 4 is 37.0 Å². The van der Waals surface area contributed by atoms with Gasteiger partial charge in [0.25, 0.3) is 5.88 Å². The highest BCUT2D eigenvalue weighted by Crippen LogP contribution is 2.32. The third-order valence-electron chi connectivity index (χ3n) is 1.87. The smallest absolute Gasteiger partial charge is 0.352 e. The molecule has 98 valence electrons. The molecule has 1 aromatic carbocycles. The second kappa shape index (κ2) is 4.12. The molecule has 0 atom stereocenters. The number of halogens is 4. The molecule has 0 unspecified atom stereocenters. The lowest BCUT2D eigenvalue weighted by molar-refractivity contribution is -0.0501. The summed E-state index contributed by atoms with van der Waals surface area (Å²) >= 11 is 3.11. The largest absolute Gasteiger partial charge is 0.534 e. The number of aromatic nitrogens is 1. The van der Waals surface area contributed by atoms with Crippen LogP contribution in [0.5, 0.6) is 5.88 Å². The van der Waals surface area contributed by atoms with Crippen LogP contribution in [0, 0.1) is 0 Å². The molecule has 0 aliphatic heterocycles. The molecule has 1 aromatic heterocycles. The summed E-state index contributed by atoms with van der Waals surface area (Å²) in [6.45, 7) is 0. The van der Waals surface area contributed by atoms with Crippen LogP contribution in [0.1, 0.15) is 0 Å². The van der Waals surface area contributed by atoms with Gasteiger partial charge in [-0.15, -0.1) is 0 Å². The summed E-state index contributed by atoms with van der Waals surface area (Å²) in [4.78, 5) is 0. The highest BCUT2D eigenvalue weighted by atomic mass is 79.9. The van der Waals surface area contributed by atoms with Crippen LogP contribution in [-0.4, -0.2) is 19.1 Å². The maximum absolute atomic E-state index is 12.1. The summed E-state index contributed by atoms with van der Waals surface area (Å²) in [6, 6.07) is 4.21. The molecule has 18 heavy (non-hydrogen) atoms. The van der Waals surface area contributed by atoms with Gasteiger partial charge in [0.15, 0.2) is 5.58 Å². The lowest BCUT2D eigenvalue weighted by Crippen LogP contribution is -2.28. The van der Waals surface area contributed by atoms with Crippen LogP contribution in [0.25, 0.3) is 11.0 Å². The van der Waals surface area contributed by atoms with E-state index in [4.69, 9.17) is 0 Å². The zero-order chi connectivity index (χ0) is 13.6. The molecule has 0 aliphatic carbocycles. The number of fused-ring (bicyclic) bond motifs is 1. The van der Waals surface area contributed by atoms with E-state index < -0.39 is 21.5 Å². The molecule has 0 spiro atoms. The van der Waals surface area contributed by atoms with Gasteiger partial charge >= 0.3 is 15.6 Å². The predicted molar refractivity (Wildman–Crippen MR) is 57.3 cm³/mol. The Bertz CT molecular complexity index is 694. The van der Waals surface area contributed by atoms with Gasteiger partial charge in [0.05, 0.1) is 5.39 Å². The lowest BCUT2D eigenvalue weighted by Gasteiger charge is -2.06. The van der Waals surface area contributed by atoms with E-state index in [0.29, 0.717) is 4.47 Å². The fourth-order valence-corrected chi connectivity index (χ4v) is 1.86. The van der Waals surface area contributed by atoms with E-state index in [1.54, 1.807) is 0 Å². The van der Waals surface area contributed by atoms with Crippen molar-refractivity contribution in [1.29, 1.82) is 0 Å². The van der Waals surface area contributed by atoms with Crippen molar-refractivity contribution in [2.24, 2.45) is 0 Å². The first-order chi connectivity index (χ1) is 8.21. The van der Waals surface area contributed by atoms with E-state index >= 15 is 0 Å². The zero-order valence-electron chi connectivity index (χ0n) is 8.23. The average molecular weight is 346 g/mol. The first kappa shape index (κ1) is 13.1. The number of hydrogen-bond acceptors (Lipinski definition) is 5. The molecular weight excluding hydrogens is 343 g/mol. The Morgan fingerprint density at radius 1 is 1.33 bits per heavy atom. The first-order valence-electron chi connectivity index (χ1n) is 4.26. The third kappa shape index (κ3) is 2.29. The maximum atomic E-state index is 12.1. The van der Waals surface area contributed by atoms with Crippen molar-refractivity contribution in [3.05, 3.63) is 22.7 Å². The summed E-state index contributed by atoms with van der Waals surface area (Å²) in [5.41, 5.74) is -5.43. The van der Waals surface area contributed by atoms with Crippen molar-refractivity contribution in [2.45, 2.75) is 5.51 Å². The fraction of sp³-hybridized carbons (Fsp3) is 0.125. The minimum Gasteiger partial charge on any atom is -0.352 e. The van der Waals surface area contributed by atoms with Crippen LogP contribution < -0.4 is 4.18 Å². The molecule has 0 saturated carbocycles. The van der Waals surface area contributed by atoms with Crippen LogP contribution >= 0.6 is 15.9 Å². The monoisotopic (exact) mass is 345 g/mol. The molecule has 0 bridgehead atoms. The summed E-state index contributed by atoms with van der Waals surface area (Å²) in [5.74, 6) is -0.755. The molecule has 0 fully saturated rings. The van der Waals surface area contributed by atoms with Gasteiger partial charge in [-0.3, -0.25) is 0 Å². The van der Waals surface area contributed by atoms with Gasteiger partial charge in [-0.2, -0.15) is 21.6 Å². The van der Waals surface area contributed by atoms with E-state index in [2.05, 4.69) is 29.8 Å². The maximum Gasteiger partial charge on any atom is 0.534 e. The van der Waals surface area contributed by atoms with Crippen molar-refractivity contribution in [2.75, 3.05) is 0 Å². The summed E-state index contributed by atoms with van der Waals surface area (Å²) < 4.78 is 67.0. The SMILES string of the molecule is O=S(=O)(Oc1noc2cc(Br)ccc12)C(F)(F)F. The fourth-order valence-electron chi connectivity index (χ4n) is 1.10. The van der Waals surface area contributed by atoms with Gasteiger partial charge in [-0.1, -0.05) is 15.9 Å². The summed E-state index contributed by atoms with van der Waals surface area (Å²) in [7, 11) is -5.76. The van der Waals surface area contributed by atoms with Gasteiger partial charge < -0.3 is 8.71 Å². The zero-order valence-corrected chi connectivity index (χ0v) is 10.6. The molecule has 1 heterocycles. The molecule has 0 N–H and O–H groups in total. The predicted octanol–water partition coefficient (Wildman–Crippen LogP) is 2.82. The van der Waals surface area contributed by atoms with Crippen LogP contribution in [0.3, 0.4) is 0 Å². The van der Waals surface area contributed by atoms with E-state index in [1.165, 1.54) is 18.2 Å². The molecule has 2 aromatic rings. The molecule has 2 rings (SSSR count).